The molecule has 3 nitrogen and oxygen atoms in total. The van der Waals surface area contributed by atoms with Gasteiger partial charge in [-0.1, -0.05) is 15.9 Å². The van der Waals surface area contributed by atoms with Crippen LogP contribution >= 0.6 is 15.9 Å². The fourth-order valence-corrected chi connectivity index (χ4v) is 2.26. The molecule has 4 heteroatoms. The quantitative estimate of drug-likeness (QED) is 0.921. The van der Waals surface area contributed by atoms with Crippen LogP contribution in [0.4, 0.5) is 5.69 Å². The van der Waals surface area contributed by atoms with Gasteiger partial charge in [0.15, 0.2) is 0 Å². The van der Waals surface area contributed by atoms with Gasteiger partial charge >= 0.3 is 0 Å². The van der Waals surface area contributed by atoms with E-state index in [0.717, 1.165) is 39.4 Å². The van der Waals surface area contributed by atoms with E-state index in [2.05, 4.69) is 32.3 Å². The van der Waals surface area contributed by atoms with Gasteiger partial charge in [0.1, 0.15) is 5.75 Å². The highest BCUT2D eigenvalue weighted by atomic mass is 79.9. The molecule has 0 aliphatic carbocycles. The lowest BCUT2D eigenvalue weighted by Crippen LogP contribution is -2.03. The summed E-state index contributed by atoms with van der Waals surface area (Å²) in [6.07, 6.45) is 0. The average molecular weight is 321 g/mol. The molecule has 0 saturated carbocycles. The average Bonchev–Trinajstić information content (AvgIpc) is 2.39. The molecule has 2 aromatic rings. The van der Waals surface area contributed by atoms with Gasteiger partial charge in [0.25, 0.3) is 0 Å². The minimum absolute atomic E-state index is 0.726. The van der Waals surface area contributed by atoms with Crippen molar-refractivity contribution in [2.24, 2.45) is 0 Å². The predicted molar refractivity (Wildman–Crippen MR) is 81.7 cm³/mol. The van der Waals surface area contributed by atoms with Crippen LogP contribution in [0.25, 0.3) is 0 Å². The van der Waals surface area contributed by atoms with Crippen molar-refractivity contribution >= 4 is 21.6 Å². The summed E-state index contributed by atoms with van der Waals surface area (Å²) in [7, 11) is 1.68. The van der Waals surface area contributed by atoms with Crippen LogP contribution in [0.3, 0.4) is 0 Å². The van der Waals surface area contributed by atoms with Gasteiger partial charge in [0, 0.05) is 16.7 Å². The van der Waals surface area contributed by atoms with Crippen LogP contribution < -0.4 is 10.1 Å². The van der Waals surface area contributed by atoms with E-state index >= 15 is 0 Å². The van der Waals surface area contributed by atoms with E-state index in [4.69, 9.17) is 4.74 Å². The number of halogens is 1. The number of benzene rings is 1. The highest BCUT2D eigenvalue weighted by Crippen LogP contribution is 2.24. The summed E-state index contributed by atoms with van der Waals surface area (Å²) >= 11 is 3.55. The second-order valence-corrected chi connectivity index (χ2v) is 5.25. The van der Waals surface area contributed by atoms with Gasteiger partial charge in [-0.05, 0) is 49.7 Å². The van der Waals surface area contributed by atoms with Crippen LogP contribution in [-0.4, -0.2) is 12.1 Å². The van der Waals surface area contributed by atoms with Crippen LogP contribution in [0.15, 0.2) is 34.8 Å². The molecule has 0 amide bonds. The summed E-state index contributed by atoms with van der Waals surface area (Å²) < 4.78 is 6.31. The van der Waals surface area contributed by atoms with Crippen molar-refractivity contribution in [2.75, 3.05) is 12.4 Å². The summed E-state index contributed by atoms with van der Waals surface area (Å²) in [5.41, 5.74) is 4.25. The van der Waals surface area contributed by atoms with E-state index in [1.165, 1.54) is 0 Å². The van der Waals surface area contributed by atoms with E-state index in [-0.39, 0.29) is 0 Å². The summed E-state index contributed by atoms with van der Waals surface area (Å²) in [6, 6.07) is 10.0. The minimum Gasteiger partial charge on any atom is -0.497 e. The van der Waals surface area contributed by atoms with E-state index < -0.39 is 0 Å². The maximum atomic E-state index is 5.24. The molecule has 1 heterocycles. The lowest BCUT2D eigenvalue weighted by molar-refractivity contribution is 0.414. The van der Waals surface area contributed by atoms with Crippen LogP contribution in [0.2, 0.25) is 0 Å². The minimum atomic E-state index is 0.726. The Balaban J connectivity index is 2.14. The van der Waals surface area contributed by atoms with Crippen molar-refractivity contribution in [3.05, 3.63) is 51.8 Å². The Hall–Kier alpha value is -1.55. The number of aryl methyl sites for hydroxylation is 2. The largest absolute Gasteiger partial charge is 0.497 e. The van der Waals surface area contributed by atoms with Crippen molar-refractivity contribution in [2.45, 2.75) is 20.4 Å². The first-order valence-corrected chi connectivity index (χ1v) is 6.90. The van der Waals surface area contributed by atoms with Gasteiger partial charge in [-0.3, -0.25) is 4.98 Å². The predicted octanol–water partition coefficient (Wildman–Crippen LogP) is 4.08. The fraction of sp³-hybridized carbons (Fsp3) is 0.267. The molecule has 0 aliphatic heterocycles. The third-order valence-electron chi connectivity index (χ3n) is 2.95. The van der Waals surface area contributed by atoms with E-state index in [0.29, 0.717) is 0 Å². The molecule has 1 aromatic carbocycles. The lowest BCUT2D eigenvalue weighted by atomic mass is 10.2. The molecule has 1 N–H and O–H groups in total. The molecule has 19 heavy (non-hydrogen) atoms. The zero-order valence-corrected chi connectivity index (χ0v) is 12.9. The molecule has 0 fully saturated rings. The standard InChI is InChI=1S/C15H17BrN2O/c1-10-4-7-15(11(2)18-10)17-9-12-8-13(19-3)5-6-14(12)16/h4-8,17H,9H2,1-3H3. The van der Waals surface area contributed by atoms with Crippen molar-refractivity contribution in [3.8, 4) is 5.75 Å². The van der Waals surface area contributed by atoms with Crippen molar-refractivity contribution in [1.29, 1.82) is 0 Å². The van der Waals surface area contributed by atoms with Gasteiger partial charge < -0.3 is 10.1 Å². The Kier molecular flexibility index (Phi) is 4.43. The zero-order chi connectivity index (χ0) is 13.8. The highest BCUT2D eigenvalue weighted by Gasteiger charge is 2.04. The monoisotopic (exact) mass is 320 g/mol. The second kappa shape index (κ2) is 6.06. The number of ether oxygens (including phenoxy) is 1. The SMILES string of the molecule is COc1ccc(Br)c(CNc2ccc(C)nc2C)c1. The third-order valence-corrected chi connectivity index (χ3v) is 3.72. The number of rotatable bonds is 4. The van der Waals surface area contributed by atoms with Crippen LogP contribution in [-0.2, 0) is 6.54 Å². The molecular weight excluding hydrogens is 304 g/mol. The van der Waals surface area contributed by atoms with E-state index in [9.17, 15) is 0 Å². The summed E-state index contributed by atoms with van der Waals surface area (Å²) in [5.74, 6) is 0.860. The Morgan fingerprint density at radius 3 is 2.68 bits per heavy atom. The number of nitrogens with one attached hydrogen (secondary N) is 1. The van der Waals surface area contributed by atoms with Crippen LogP contribution in [0.1, 0.15) is 17.0 Å². The summed E-state index contributed by atoms with van der Waals surface area (Å²) in [6.45, 7) is 4.73. The maximum Gasteiger partial charge on any atom is 0.119 e. The molecule has 0 saturated heterocycles. The topological polar surface area (TPSA) is 34.1 Å². The summed E-state index contributed by atoms with van der Waals surface area (Å²) in [4.78, 5) is 4.44. The van der Waals surface area contributed by atoms with Gasteiger partial charge in [-0.2, -0.15) is 0 Å². The number of methoxy groups -OCH3 is 1. The molecule has 0 unspecified atom stereocenters. The first kappa shape index (κ1) is 13.9. The van der Waals surface area contributed by atoms with E-state index in [1.54, 1.807) is 7.11 Å². The lowest BCUT2D eigenvalue weighted by Gasteiger charge is -2.11. The Morgan fingerprint density at radius 2 is 2.00 bits per heavy atom. The first-order valence-electron chi connectivity index (χ1n) is 6.10. The van der Waals surface area contributed by atoms with Crippen LogP contribution in [0.5, 0.6) is 5.75 Å². The van der Waals surface area contributed by atoms with E-state index in [1.807, 2.05) is 38.1 Å². The molecule has 0 spiro atoms. The number of nitrogens with zero attached hydrogens (tertiary/aromatic N) is 1. The zero-order valence-electron chi connectivity index (χ0n) is 11.3. The highest BCUT2D eigenvalue weighted by molar-refractivity contribution is 9.10. The Morgan fingerprint density at radius 1 is 1.21 bits per heavy atom. The fourth-order valence-electron chi connectivity index (χ4n) is 1.88. The molecular formula is C15H17BrN2O. The van der Waals surface area contributed by atoms with Crippen molar-refractivity contribution < 1.29 is 4.74 Å². The number of hydrogen-bond donors (Lipinski definition) is 1. The number of anilines is 1. The summed E-state index contributed by atoms with van der Waals surface area (Å²) in [5, 5.41) is 3.40. The molecule has 100 valence electrons. The number of hydrogen-bond acceptors (Lipinski definition) is 3. The van der Waals surface area contributed by atoms with Crippen molar-refractivity contribution in [3.63, 3.8) is 0 Å². The molecule has 1 aromatic heterocycles. The molecule has 0 aliphatic rings. The van der Waals surface area contributed by atoms with Gasteiger partial charge in [0.2, 0.25) is 0 Å². The maximum absolute atomic E-state index is 5.24. The molecule has 0 atom stereocenters. The van der Waals surface area contributed by atoms with Gasteiger partial charge in [0.05, 0.1) is 18.5 Å². The number of pyridine rings is 1. The Bertz CT molecular complexity index is 584. The van der Waals surface area contributed by atoms with Gasteiger partial charge in [-0.15, -0.1) is 0 Å². The molecule has 0 radical (unpaired) electrons. The third kappa shape index (κ3) is 3.47. The normalized spacial score (nSPS) is 10.3. The second-order valence-electron chi connectivity index (χ2n) is 4.40. The molecule has 2 rings (SSSR count). The Labute approximate surface area is 122 Å². The molecule has 0 bridgehead atoms. The smallest absolute Gasteiger partial charge is 0.119 e. The van der Waals surface area contributed by atoms with Crippen molar-refractivity contribution in [1.82, 2.24) is 4.98 Å². The van der Waals surface area contributed by atoms with Gasteiger partial charge in [-0.25, -0.2) is 0 Å². The van der Waals surface area contributed by atoms with Crippen LogP contribution in [0, 0.1) is 13.8 Å². The first-order chi connectivity index (χ1) is 9.10. The number of aromatic nitrogens is 1.